The number of rotatable bonds is 5. The van der Waals surface area contributed by atoms with Crippen molar-refractivity contribution in [1.82, 2.24) is 24.8 Å². The molecule has 4 heterocycles. The number of ether oxygens (including phenoxy) is 2. The van der Waals surface area contributed by atoms with Gasteiger partial charge in [0.1, 0.15) is 6.61 Å². The number of anilines is 3. The predicted molar refractivity (Wildman–Crippen MR) is 133 cm³/mol. The summed E-state index contributed by atoms with van der Waals surface area (Å²) in [6.07, 6.45) is 2.99. The van der Waals surface area contributed by atoms with Crippen LogP contribution in [0.5, 0.6) is 0 Å². The number of benzene rings is 1. The Morgan fingerprint density at radius 3 is 2.49 bits per heavy atom. The van der Waals surface area contributed by atoms with Gasteiger partial charge in [0, 0.05) is 50.5 Å². The molecular formula is C24H28N8O3. The third kappa shape index (κ3) is 4.94. The van der Waals surface area contributed by atoms with Gasteiger partial charge in [-0.25, -0.2) is 14.8 Å². The molecule has 2 N–H and O–H groups in total. The lowest BCUT2D eigenvalue weighted by Crippen LogP contribution is -2.49. The molecule has 0 bridgehead atoms. The first kappa shape index (κ1) is 22.8. The number of hydrogen-bond acceptors (Lipinski definition) is 10. The molecule has 5 rings (SSSR count). The van der Waals surface area contributed by atoms with E-state index in [-0.39, 0.29) is 18.6 Å². The van der Waals surface area contributed by atoms with Crippen LogP contribution in [-0.2, 0) is 9.47 Å². The molecule has 0 atom stereocenters. The fraction of sp³-hybridized carbons (Fsp3) is 0.375. The van der Waals surface area contributed by atoms with E-state index in [0.717, 1.165) is 30.0 Å². The van der Waals surface area contributed by atoms with Crippen molar-refractivity contribution in [3.63, 3.8) is 0 Å². The van der Waals surface area contributed by atoms with Crippen LogP contribution in [0, 0.1) is 0 Å². The number of piperazine rings is 1. The zero-order valence-electron chi connectivity index (χ0n) is 19.5. The lowest BCUT2D eigenvalue weighted by Gasteiger charge is -2.35. The van der Waals surface area contributed by atoms with Gasteiger partial charge in [-0.3, -0.25) is 0 Å². The van der Waals surface area contributed by atoms with E-state index in [1.54, 1.807) is 17.2 Å². The van der Waals surface area contributed by atoms with Gasteiger partial charge in [0.2, 0.25) is 5.95 Å². The van der Waals surface area contributed by atoms with Crippen LogP contribution >= 0.6 is 0 Å². The maximum Gasteiger partial charge on any atom is 0.410 e. The van der Waals surface area contributed by atoms with Crippen molar-refractivity contribution in [2.75, 3.05) is 74.6 Å². The van der Waals surface area contributed by atoms with E-state index in [1.807, 2.05) is 12.1 Å². The molecule has 2 saturated heterocycles. The molecule has 0 saturated carbocycles. The average molecular weight is 477 g/mol. The molecule has 2 aliphatic rings. The third-order valence-corrected chi connectivity index (χ3v) is 6.11. The number of nitrogens with zero attached hydrogens (tertiary/aromatic N) is 7. The summed E-state index contributed by atoms with van der Waals surface area (Å²) in [6, 6.07) is 8.19. The summed E-state index contributed by atoms with van der Waals surface area (Å²) in [5.41, 5.74) is 9.80. The quantitative estimate of drug-likeness (QED) is 0.547. The summed E-state index contributed by atoms with van der Waals surface area (Å²) in [4.78, 5) is 36.2. The standard InChI is InChI=1S/C24H28N8O3/c1-2-13-35-24(33)32-9-7-30(8-10-32)18-5-3-17(4-6-18)19-16-26-21-20(27-19)22(29-23(25)28-21)31-11-14-34-15-12-31/h2-6,16H,1,7-15H2,(H2,25,26,28,29). The molecule has 0 spiro atoms. The highest BCUT2D eigenvalue weighted by Crippen LogP contribution is 2.27. The summed E-state index contributed by atoms with van der Waals surface area (Å²) in [7, 11) is 0. The van der Waals surface area contributed by atoms with Gasteiger partial charge in [-0.05, 0) is 12.1 Å². The topological polar surface area (TPSA) is 123 Å². The van der Waals surface area contributed by atoms with Gasteiger partial charge in [-0.2, -0.15) is 9.97 Å². The highest BCUT2D eigenvalue weighted by molar-refractivity contribution is 5.85. The van der Waals surface area contributed by atoms with Crippen molar-refractivity contribution in [2.45, 2.75) is 0 Å². The van der Waals surface area contributed by atoms with Crippen LogP contribution in [0.4, 0.5) is 22.2 Å². The largest absolute Gasteiger partial charge is 0.445 e. The first-order chi connectivity index (χ1) is 17.1. The SMILES string of the molecule is C=CCOC(=O)N1CCN(c2ccc(-c3cnc4nc(N)nc(N5CCOCC5)c4n3)cc2)CC1. The number of nitrogens with two attached hydrogens (primary N) is 1. The minimum atomic E-state index is -0.294. The van der Waals surface area contributed by atoms with E-state index in [9.17, 15) is 4.79 Å². The molecule has 0 radical (unpaired) electrons. The smallest absolute Gasteiger partial charge is 0.410 e. The zero-order valence-corrected chi connectivity index (χ0v) is 19.5. The van der Waals surface area contributed by atoms with E-state index >= 15 is 0 Å². The number of fused-ring (bicyclic) bond motifs is 1. The van der Waals surface area contributed by atoms with Crippen molar-refractivity contribution >= 4 is 34.7 Å². The predicted octanol–water partition coefficient (Wildman–Crippen LogP) is 1.95. The molecule has 1 aromatic carbocycles. The van der Waals surface area contributed by atoms with Gasteiger partial charge in [-0.15, -0.1) is 0 Å². The monoisotopic (exact) mass is 476 g/mol. The van der Waals surface area contributed by atoms with Crippen molar-refractivity contribution in [3.8, 4) is 11.3 Å². The number of nitrogen functional groups attached to an aromatic ring is 1. The molecule has 2 aliphatic heterocycles. The number of carbonyl (C=O) groups excluding carboxylic acids is 1. The molecule has 2 fully saturated rings. The highest BCUT2D eigenvalue weighted by Gasteiger charge is 2.23. The Bertz CT molecular complexity index is 1210. The fourth-order valence-electron chi connectivity index (χ4n) is 4.26. The summed E-state index contributed by atoms with van der Waals surface area (Å²) in [5.74, 6) is 0.866. The van der Waals surface area contributed by atoms with Gasteiger partial charge in [0.05, 0.1) is 25.1 Å². The number of aromatic nitrogens is 4. The summed E-state index contributed by atoms with van der Waals surface area (Å²) >= 11 is 0. The Balaban J connectivity index is 1.32. The van der Waals surface area contributed by atoms with Crippen LogP contribution in [0.2, 0.25) is 0 Å². The number of morpholine rings is 1. The fourth-order valence-corrected chi connectivity index (χ4v) is 4.26. The van der Waals surface area contributed by atoms with Gasteiger partial charge < -0.3 is 29.9 Å². The minimum absolute atomic E-state index is 0.180. The molecule has 0 unspecified atom stereocenters. The van der Waals surface area contributed by atoms with Crippen molar-refractivity contribution in [3.05, 3.63) is 43.1 Å². The highest BCUT2D eigenvalue weighted by atomic mass is 16.6. The molecular weight excluding hydrogens is 448 g/mol. The molecule has 1 amide bonds. The van der Waals surface area contributed by atoms with E-state index in [2.05, 4.69) is 43.5 Å². The summed E-state index contributed by atoms with van der Waals surface area (Å²) in [5, 5.41) is 0. The van der Waals surface area contributed by atoms with Crippen LogP contribution in [0.15, 0.2) is 43.1 Å². The molecule has 35 heavy (non-hydrogen) atoms. The van der Waals surface area contributed by atoms with Crippen LogP contribution in [0.3, 0.4) is 0 Å². The molecule has 2 aromatic heterocycles. The van der Waals surface area contributed by atoms with Gasteiger partial charge >= 0.3 is 6.09 Å². The molecule has 11 heteroatoms. The molecule has 182 valence electrons. The first-order valence-electron chi connectivity index (χ1n) is 11.6. The second kappa shape index (κ2) is 10.1. The third-order valence-electron chi connectivity index (χ3n) is 6.11. The summed E-state index contributed by atoms with van der Waals surface area (Å²) in [6.45, 7) is 9.18. The maximum absolute atomic E-state index is 12.0. The Kier molecular flexibility index (Phi) is 6.57. The number of carbonyl (C=O) groups is 1. The Labute approximate surface area is 203 Å². The molecule has 11 nitrogen and oxygen atoms in total. The summed E-state index contributed by atoms with van der Waals surface area (Å²) < 4.78 is 10.6. The van der Waals surface area contributed by atoms with E-state index in [4.69, 9.17) is 20.2 Å². The lowest BCUT2D eigenvalue weighted by atomic mass is 10.1. The Hall–Kier alpha value is -3.99. The molecule has 0 aliphatic carbocycles. The maximum atomic E-state index is 12.0. The Morgan fingerprint density at radius 2 is 1.77 bits per heavy atom. The zero-order chi connectivity index (χ0) is 24.2. The number of hydrogen-bond donors (Lipinski definition) is 1. The first-order valence-corrected chi connectivity index (χ1v) is 11.6. The van der Waals surface area contributed by atoms with Crippen LogP contribution in [-0.4, -0.2) is 90.0 Å². The van der Waals surface area contributed by atoms with Crippen molar-refractivity contribution < 1.29 is 14.3 Å². The van der Waals surface area contributed by atoms with Crippen molar-refractivity contribution in [1.29, 1.82) is 0 Å². The second-order valence-electron chi connectivity index (χ2n) is 8.32. The lowest BCUT2D eigenvalue weighted by molar-refractivity contribution is 0.110. The molecule has 3 aromatic rings. The van der Waals surface area contributed by atoms with Crippen LogP contribution in [0.1, 0.15) is 0 Å². The van der Waals surface area contributed by atoms with E-state index in [1.165, 1.54) is 0 Å². The van der Waals surface area contributed by atoms with Crippen molar-refractivity contribution in [2.24, 2.45) is 0 Å². The minimum Gasteiger partial charge on any atom is -0.445 e. The Morgan fingerprint density at radius 1 is 1.03 bits per heavy atom. The van der Waals surface area contributed by atoms with Gasteiger partial charge in [0.15, 0.2) is 17.0 Å². The second-order valence-corrected chi connectivity index (χ2v) is 8.32. The van der Waals surface area contributed by atoms with Gasteiger partial charge in [0.25, 0.3) is 0 Å². The van der Waals surface area contributed by atoms with Gasteiger partial charge in [-0.1, -0.05) is 24.8 Å². The van der Waals surface area contributed by atoms with Crippen LogP contribution in [0.25, 0.3) is 22.4 Å². The normalized spacial score (nSPS) is 16.4. The van der Waals surface area contributed by atoms with E-state index < -0.39 is 0 Å². The van der Waals surface area contributed by atoms with E-state index in [0.29, 0.717) is 56.4 Å². The average Bonchev–Trinajstić information content (AvgIpc) is 2.91. The number of amides is 1. The van der Waals surface area contributed by atoms with Crippen LogP contribution < -0.4 is 15.5 Å².